The summed E-state index contributed by atoms with van der Waals surface area (Å²) in [4.78, 5) is 38.4. The van der Waals surface area contributed by atoms with Crippen molar-refractivity contribution in [3.05, 3.63) is 112 Å². The first-order chi connectivity index (χ1) is 27.3. The highest BCUT2D eigenvalue weighted by Crippen LogP contribution is 2.44. The molecule has 0 bridgehead atoms. The van der Waals surface area contributed by atoms with Crippen LogP contribution in [0.2, 0.25) is 0 Å². The third kappa shape index (κ3) is 10.9. The van der Waals surface area contributed by atoms with Gasteiger partial charge in [-0.1, -0.05) is 101 Å². The van der Waals surface area contributed by atoms with E-state index in [2.05, 4.69) is 5.32 Å². The van der Waals surface area contributed by atoms with Gasteiger partial charge in [0.25, 0.3) is 5.56 Å². The highest BCUT2D eigenvalue weighted by atomic mass is 16.7. The predicted octanol–water partition coefficient (Wildman–Crippen LogP) is 3.09. The second kappa shape index (κ2) is 21.1. The summed E-state index contributed by atoms with van der Waals surface area (Å²) in [7, 11) is 3.01. The fraction of sp³-hybridized carbons (Fsp3) is 0.523. The van der Waals surface area contributed by atoms with Crippen molar-refractivity contribution in [1.29, 1.82) is 0 Å². The molecule has 11 atom stereocenters. The molecule has 1 amide bonds. The van der Waals surface area contributed by atoms with Crippen molar-refractivity contribution in [3.8, 4) is 5.75 Å². The van der Waals surface area contributed by atoms with Gasteiger partial charge >= 0.3 is 0 Å². The van der Waals surface area contributed by atoms with E-state index >= 15 is 0 Å². The molecule has 2 saturated heterocycles. The van der Waals surface area contributed by atoms with Crippen molar-refractivity contribution in [2.45, 2.75) is 110 Å². The maximum atomic E-state index is 13.3. The minimum absolute atomic E-state index is 0.0818. The van der Waals surface area contributed by atoms with Gasteiger partial charge in [-0.05, 0) is 44.4 Å². The molecule has 320 valence electrons. The molecule has 1 aromatic rings. The van der Waals surface area contributed by atoms with Crippen molar-refractivity contribution in [2.24, 2.45) is 24.3 Å². The second-order valence-electron chi connectivity index (χ2n) is 15.5. The summed E-state index contributed by atoms with van der Waals surface area (Å²) in [6, 6.07) is 1.27. The monoisotopic (exact) mass is 810 g/mol. The number of aliphatic hydroxyl groups excluding tert-OH is 4. The van der Waals surface area contributed by atoms with Crippen molar-refractivity contribution in [3.63, 3.8) is 0 Å². The summed E-state index contributed by atoms with van der Waals surface area (Å²) in [6.45, 7) is 12.2. The van der Waals surface area contributed by atoms with Crippen LogP contribution in [-0.4, -0.2) is 115 Å². The van der Waals surface area contributed by atoms with E-state index in [4.69, 9.17) is 14.2 Å². The van der Waals surface area contributed by atoms with E-state index in [0.717, 1.165) is 5.57 Å². The van der Waals surface area contributed by atoms with Crippen molar-refractivity contribution >= 4 is 11.7 Å². The van der Waals surface area contributed by atoms with Gasteiger partial charge in [0.2, 0.25) is 11.7 Å². The molecule has 1 aromatic heterocycles. The lowest BCUT2D eigenvalue weighted by atomic mass is 9.71. The van der Waals surface area contributed by atoms with Gasteiger partial charge in [-0.15, -0.1) is 0 Å². The number of carbonyl (C=O) groups excluding carboxylic acids is 2. The Hall–Kier alpha value is -4.25. The van der Waals surface area contributed by atoms with Crippen molar-refractivity contribution in [2.75, 3.05) is 13.7 Å². The van der Waals surface area contributed by atoms with Gasteiger partial charge in [0.05, 0.1) is 30.3 Å². The number of ether oxygens (including phenoxy) is 3. The van der Waals surface area contributed by atoms with Gasteiger partial charge in [-0.2, -0.15) is 0 Å². The van der Waals surface area contributed by atoms with E-state index < -0.39 is 94.9 Å². The number of hydrogen-bond acceptors (Lipinski definition) is 12. The van der Waals surface area contributed by atoms with Crippen LogP contribution in [0.4, 0.5) is 0 Å². The minimum Gasteiger partial charge on any atom is -0.507 e. The molecule has 0 aliphatic carbocycles. The first-order valence-corrected chi connectivity index (χ1v) is 19.5. The molecule has 3 rings (SSSR count). The minimum atomic E-state index is -2.34. The Bertz CT molecular complexity index is 1860. The van der Waals surface area contributed by atoms with Gasteiger partial charge in [0.1, 0.15) is 35.7 Å². The van der Waals surface area contributed by atoms with Gasteiger partial charge in [-0.3, -0.25) is 14.4 Å². The Morgan fingerprint density at radius 2 is 1.67 bits per heavy atom. The summed E-state index contributed by atoms with van der Waals surface area (Å²) in [6.07, 6.45) is 13.0. The van der Waals surface area contributed by atoms with Crippen LogP contribution < -0.4 is 10.9 Å². The number of nitrogens with zero attached hydrogens (tertiary/aromatic N) is 1. The zero-order valence-electron chi connectivity index (χ0n) is 34.9. The van der Waals surface area contributed by atoms with E-state index in [1.165, 1.54) is 44.0 Å². The molecule has 14 nitrogen and oxygen atoms in total. The van der Waals surface area contributed by atoms with Gasteiger partial charge in [0, 0.05) is 38.2 Å². The number of rotatable bonds is 17. The van der Waals surface area contributed by atoms with E-state index in [9.17, 15) is 45.0 Å². The number of hydrogen-bond donors (Lipinski definition) is 7. The van der Waals surface area contributed by atoms with Gasteiger partial charge in [0.15, 0.2) is 5.78 Å². The third-order valence-corrected chi connectivity index (χ3v) is 11.0. The molecule has 2 aliphatic heterocycles. The lowest BCUT2D eigenvalue weighted by Gasteiger charge is -2.53. The van der Waals surface area contributed by atoms with Crippen LogP contribution in [0.25, 0.3) is 0 Å². The third-order valence-electron chi connectivity index (χ3n) is 11.0. The summed E-state index contributed by atoms with van der Waals surface area (Å²) in [5.74, 6) is -5.51. The first kappa shape index (κ1) is 48.1. The molecule has 0 radical (unpaired) electrons. The molecule has 14 heteroatoms. The van der Waals surface area contributed by atoms with Gasteiger partial charge < -0.3 is 54.7 Å². The van der Waals surface area contributed by atoms with Gasteiger partial charge in [-0.25, -0.2) is 0 Å². The number of pyridine rings is 1. The SMILES string of the molecule is C/C=C/C=C/[C@@H]1O[C@@](O)([C@H](CC)C(=O)NC/C=C/C=C(\C)[C@@H](OC)[C@H](C)[C@@H]2O[C@@H](/C=C/C=C/C=C(\C)C(=O)c3c(O)ccn(C)c3=O)[C@H](O)[C@H]2O)[C@H](O)[C@H](O)C1(C)C. The maximum absolute atomic E-state index is 13.3. The molecule has 7 N–H and O–H groups in total. The number of Topliss-reactive ketones (excluding diaryl/α,β-unsaturated/α-hetero) is 1. The van der Waals surface area contributed by atoms with Crippen LogP contribution in [0.15, 0.2) is 101 Å². The summed E-state index contributed by atoms with van der Waals surface area (Å²) < 4.78 is 19.0. The number of nitrogens with one attached hydrogen (secondary N) is 1. The smallest absolute Gasteiger partial charge is 0.265 e. The molecule has 0 saturated carbocycles. The summed E-state index contributed by atoms with van der Waals surface area (Å²) >= 11 is 0. The Morgan fingerprint density at radius 3 is 2.31 bits per heavy atom. The lowest BCUT2D eigenvalue weighted by Crippen LogP contribution is -2.69. The zero-order chi connectivity index (χ0) is 43.5. The fourth-order valence-electron chi connectivity index (χ4n) is 7.27. The Labute approximate surface area is 340 Å². The molecule has 0 spiro atoms. The summed E-state index contributed by atoms with van der Waals surface area (Å²) in [5.41, 5.74) is -0.881. The molecular formula is C44H62N2O12. The highest BCUT2D eigenvalue weighted by Gasteiger charge is 2.60. The number of carbonyl (C=O) groups is 2. The number of ketones is 1. The molecule has 0 unspecified atom stereocenters. The number of aromatic hydroxyl groups is 1. The quantitative estimate of drug-likeness (QED) is 0.0687. The molecule has 2 fully saturated rings. The Kier molecular flexibility index (Phi) is 17.5. The fourth-order valence-corrected chi connectivity index (χ4v) is 7.27. The number of amides is 1. The van der Waals surface area contributed by atoms with Crippen LogP contribution in [-0.2, 0) is 26.1 Å². The number of aryl methyl sites for hydroxylation is 1. The molecular weight excluding hydrogens is 748 g/mol. The average Bonchev–Trinajstić information content (AvgIpc) is 3.46. The Balaban J connectivity index is 1.61. The standard InChI is InChI=1S/C44H62N2O12/c1-10-12-14-22-32-43(6,7)39(51)40(52)44(55,58-32)29(11-2)41(53)45-24-18-17-20-27(4)37(56-9)28(5)38-36(50)35(49)31(57-38)21-16-13-15-19-26(3)34(48)33-30(47)23-25-46(8)42(33)54/h10,12-23,25,28-29,31-32,35-40,47,49-52,55H,11,24H2,1-9H3,(H,45,53)/b12-10+,15-13+,18-17+,21-16+,22-14+,26-19+,27-20+/t28-,29+,31-,32-,35-,36+,37+,38-,39-,40+,44-/m0/s1. The van der Waals surface area contributed by atoms with Crippen LogP contribution in [0.5, 0.6) is 5.75 Å². The predicted molar refractivity (Wildman–Crippen MR) is 220 cm³/mol. The van der Waals surface area contributed by atoms with Crippen molar-refractivity contribution < 1.29 is 54.4 Å². The van der Waals surface area contributed by atoms with E-state index in [-0.39, 0.29) is 24.1 Å². The normalized spacial score (nSPS) is 29.9. The molecule has 2 aliphatic rings. The average molecular weight is 811 g/mol. The largest absolute Gasteiger partial charge is 0.507 e. The van der Waals surface area contributed by atoms with Crippen LogP contribution in [0.1, 0.15) is 65.2 Å². The molecule has 3 heterocycles. The van der Waals surface area contributed by atoms with E-state index in [1.54, 1.807) is 81.5 Å². The number of allylic oxidation sites excluding steroid dienone is 10. The molecule has 0 aromatic carbocycles. The number of aromatic nitrogens is 1. The number of aliphatic hydroxyl groups is 5. The summed E-state index contributed by atoms with van der Waals surface area (Å²) in [5, 5.41) is 68.0. The van der Waals surface area contributed by atoms with Crippen LogP contribution in [0.3, 0.4) is 0 Å². The lowest BCUT2D eigenvalue weighted by molar-refractivity contribution is -0.359. The van der Waals surface area contributed by atoms with Crippen LogP contribution in [0, 0.1) is 17.3 Å². The van der Waals surface area contributed by atoms with E-state index in [0.29, 0.717) is 0 Å². The second-order valence-corrected chi connectivity index (χ2v) is 15.5. The Morgan fingerprint density at radius 1 is 1.00 bits per heavy atom. The molecule has 58 heavy (non-hydrogen) atoms. The number of methoxy groups -OCH3 is 1. The first-order valence-electron chi connectivity index (χ1n) is 19.5. The topological polar surface area (TPSA) is 217 Å². The highest BCUT2D eigenvalue weighted by molar-refractivity contribution is 6.09. The van der Waals surface area contributed by atoms with E-state index in [1.807, 2.05) is 26.8 Å². The zero-order valence-corrected chi connectivity index (χ0v) is 34.9. The van der Waals surface area contributed by atoms with Crippen LogP contribution >= 0.6 is 0 Å². The van der Waals surface area contributed by atoms with Crippen molar-refractivity contribution in [1.82, 2.24) is 9.88 Å². The maximum Gasteiger partial charge on any atom is 0.265 e.